The maximum atomic E-state index is 5.09. The van der Waals surface area contributed by atoms with Crippen LogP contribution in [-0.4, -0.2) is 53.2 Å². The Bertz CT molecular complexity index is 627. The number of rotatable bonds is 4. The van der Waals surface area contributed by atoms with Gasteiger partial charge in [0.1, 0.15) is 0 Å². The van der Waals surface area contributed by atoms with E-state index >= 15 is 0 Å². The molecule has 0 unspecified atom stereocenters. The third kappa shape index (κ3) is 3.69. The number of hydrogen-bond donors (Lipinski definition) is 0. The lowest BCUT2D eigenvalue weighted by atomic mass is 10.0. The normalized spacial score (nSPS) is 15.5. The van der Waals surface area contributed by atoms with Gasteiger partial charge >= 0.3 is 0 Å². The smallest absolute Gasteiger partial charge is 0.225 e. The molecule has 1 aliphatic rings. The number of ether oxygens (including phenoxy) is 1. The van der Waals surface area contributed by atoms with E-state index in [9.17, 15) is 0 Å². The molecule has 7 nitrogen and oxygen atoms in total. The van der Waals surface area contributed by atoms with E-state index in [1.54, 1.807) is 31.9 Å². The molecule has 0 aromatic carbocycles. The third-order valence-corrected chi connectivity index (χ3v) is 4.48. The van der Waals surface area contributed by atoms with Crippen molar-refractivity contribution in [3.05, 3.63) is 29.3 Å². The lowest BCUT2D eigenvalue weighted by Gasteiger charge is -2.36. The van der Waals surface area contributed by atoms with Crippen LogP contribution >= 0.6 is 15.9 Å². The summed E-state index contributed by atoms with van der Waals surface area (Å²) in [7, 11) is 3.66. The average Bonchev–Trinajstić information content (AvgIpc) is 2.62. The van der Waals surface area contributed by atoms with Crippen LogP contribution in [0.25, 0.3) is 0 Å². The minimum atomic E-state index is 0.422. The summed E-state index contributed by atoms with van der Waals surface area (Å²) in [6, 6.07) is 0.422. The highest BCUT2D eigenvalue weighted by Crippen LogP contribution is 2.22. The van der Waals surface area contributed by atoms with E-state index in [2.05, 4.69) is 45.7 Å². The van der Waals surface area contributed by atoms with Crippen molar-refractivity contribution in [1.82, 2.24) is 19.9 Å². The SMILES string of the molecule is COc1cnc(N2CCC(N(C)c3ncc(Br)cn3)CC2)nc1. The van der Waals surface area contributed by atoms with Crippen molar-refractivity contribution in [1.29, 1.82) is 0 Å². The topological polar surface area (TPSA) is 67.3 Å². The molecule has 0 amide bonds. The summed E-state index contributed by atoms with van der Waals surface area (Å²) in [5.74, 6) is 2.19. The summed E-state index contributed by atoms with van der Waals surface area (Å²) in [6.07, 6.45) is 9.00. The Kier molecular flexibility index (Phi) is 4.90. The van der Waals surface area contributed by atoms with Crippen LogP contribution < -0.4 is 14.5 Å². The van der Waals surface area contributed by atoms with Crippen LogP contribution in [0.3, 0.4) is 0 Å². The van der Waals surface area contributed by atoms with Gasteiger partial charge < -0.3 is 14.5 Å². The van der Waals surface area contributed by atoms with Crippen molar-refractivity contribution >= 4 is 27.8 Å². The molecule has 0 saturated carbocycles. The molecule has 1 saturated heterocycles. The fraction of sp³-hybridized carbons (Fsp3) is 0.467. The minimum absolute atomic E-state index is 0.422. The Labute approximate surface area is 143 Å². The van der Waals surface area contributed by atoms with Crippen molar-refractivity contribution in [2.24, 2.45) is 0 Å². The number of piperidine rings is 1. The van der Waals surface area contributed by atoms with Crippen molar-refractivity contribution in [3.63, 3.8) is 0 Å². The summed E-state index contributed by atoms with van der Waals surface area (Å²) < 4.78 is 5.98. The minimum Gasteiger partial charge on any atom is -0.494 e. The Morgan fingerprint density at radius 1 is 1.09 bits per heavy atom. The van der Waals surface area contributed by atoms with Gasteiger partial charge in [0, 0.05) is 38.6 Å². The lowest BCUT2D eigenvalue weighted by Crippen LogP contribution is -2.44. The van der Waals surface area contributed by atoms with Gasteiger partial charge in [-0.3, -0.25) is 0 Å². The van der Waals surface area contributed by atoms with Gasteiger partial charge in [-0.1, -0.05) is 0 Å². The van der Waals surface area contributed by atoms with Gasteiger partial charge in [0.2, 0.25) is 11.9 Å². The second-order valence-corrected chi connectivity index (χ2v) is 6.37. The molecule has 0 aliphatic carbocycles. The van der Waals surface area contributed by atoms with Gasteiger partial charge in [-0.25, -0.2) is 19.9 Å². The van der Waals surface area contributed by atoms with Crippen LogP contribution in [0.15, 0.2) is 29.3 Å². The predicted molar refractivity (Wildman–Crippen MR) is 92.0 cm³/mol. The van der Waals surface area contributed by atoms with Gasteiger partial charge in [-0.15, -0.1) is 0 Å². The molecule has 122 valence electrons. The predicted octanol–water partition coefficient (Wildman–Crippen LogP) is 2.14. The van der Waals surface area contributed by atoms with Gasteiger partial charge in [0.25, 0.3) is 0 Å². The Balaban J connectivity index is 1.60. The van der Waals surface area contributed by atoms with Gasteiger partial charge in [-0.05, 0) is 28.8 Å². The van der Waals surface area contributed by atoms with Crippen molar-refractivity contribution in [2.45, 2.75) is 18.9 Å². The number of aromatic nitrogens is 4. The molecule has 0 atom stereocenters. The average molecular weight is 379 g/mol. The summed E-state index contributed by atoms with van der Waals surface area (Å²) in [4.78, 5) is 21.8. The Morgan fingerprint density at radius 2 is 1.70 bits per heavy atom. The second kappa shape index (κ2) is 7.08. The summed E-state index contributed by atoms with van der Waals surface area (Å²) in [5.41, 5.74) is 0. The molecule has 2 aromatic rings. The molecule has 3 rings (SSSR count). The summed E-state index contributed by atoms with van der Waals surface area (Å²) in [6.45, 7) is 1.83. The van der Waals surface area contributed by atoms with E-state index in [0.29, 0.717) is 11.8 Å². The zero-order chi connectivity index (χ0) is 16.2. The Morgan fingerprint density at radius 3 is 2.26 bits per heavy atom. The fourth-order valence-electron chi connectivity index (χ4n) is 2.68. The van der Waals surface area contributed by atoms with Crippen molar-refractivity contribution in [3.8, 4) is 5.75 Å². The first-order valence-corrected chi connectivity index (χ1v) is 8.28. The van der Waals surface area contributed by atoms with Crippen LogP contribution in [0, 0.1) is 0 Å². The number of anilines is 2. The summed E-state index contributed by atoms with van der Waals surface area (Å²) in [5, 5.41) is 0. The maximum Gasteiger partial charge on any atom is 0.225 e. The molecule has 0 N–H and O–H groups in total. The molecule has 0 bridgehead atoms. The molecule has 23 heavy (non-hydrogen) atoms. The fourth-order valence-corrected chi connectivity index (χ4v) is 2.89. The van der Waals surface area contributed by atoms with E-state index < -0.39 is 0 Å². The van der Waals surface area contributed by atoms with Gasteiger partial charge in [-0.2, -0.15) is 0 Å². The quantitative estimate of drug-likeness (QED) is 0.806. The van der Waals surface area contributed by atoms with E-state index in [1.165, 1.54) is 0 Å². The molecule has 1 fully saturated rings. The molecule has 2 aromatic heterocycles. The van der Waals surface area contributed by atoms with Gasteiger partial charge in [0.15, 0.2) is 5.75 Å². The number of nitrogens with zero attached hydrogens (tertiary/aromatic N) is 6. The van der Waals surface area contributed by atoms with E-state index in [1.807, 2.05) is 7.05 Å². The molecule has 0 spiro atoms. The van der Waals surface area contributed by atoms with Gasteiger partial charge in [0.05, 0.1) is 24.0 Å². The van der Waals surface area contributed by atoms with E-state index in [-0.39, 0.29) is 0 Å². The largest absolute Gasteiger partial charge is 0.494 e. The first-order chi connectivity index (χ1) is 11.2. The standard InChI is InChI=1S/C15H19BrN6O/c1-21(14-17-7-11(16)8-18-14)12-3-5-22(6-4-12)15-19-9-13(23-2)10-20-15/h7-10,12H,3-6H2,1-2H3. The monoisotopic (exact) mass is 378 g/mol. The first-order valence-electron chi connectivity index (χ1n) is 7.48. The molecule has 0 radical (unpaired) electrons. The van der Waals surface area contributed by atoms with Crippen LogP contribution in [0.5, 0.6) is 5.75 Å². The van der Waals surface area contributed by atoms with E-state index in [4.69, 9.17) is 4.74 Å². The maximum absolute atomic E-state index is 5.09. The first kappa shape index (κ1) is 15.9. The number of hydrogen-bond acceptors (Lipinski definition) is 7. The molecular weight excluding hydrogens is 360 g/mol. The second-order valence-electron chi connectivity index (χ2n) is 5.45. The zero-order valence-electron chi connectivity index (χ0n) is 13.2. The molecular formula is C15H19BrN6O. The highest BCUT2D eigenvalue weighted by atomic mass is 79.9. The molecule has 1 aliphatic heterocycles. The molecule has 8 heteroatoms. The number of halogens is 1. The van der Waals surface area contributed by atoms with Crippen LogP contribution in [0.4, 0.5) is 11.9 Å². The summed E-state index contributed by atoms with van der Waals surface area (Å²) >= 11 is 3.36. The van der Waals surface area contributed by atoms with Crippen LogP contribution in [0.2, 0.25) is 0 Å². The van der Waals surface area contributed by atoms with Crippen molar-refractivity contribution < 1.29 is 4.74 Å². The molecule has 3 heterocycles. The highest BCUT2D eigenvalue weighted by Gasteiger charge is 2.25. The Hall–Kier alpha value is -1.96. The van der Waals surface area contributed by atoms with Crippen molar-refractivity contribution in [2.75, 3.05) is 37.0 Å². The highest BCUT2D eigenvalue weighted by molar-refractivity contribution is 9.10. The van der Waals surface area contributed by atoms with E-state index in [0.717, 1.165) is 42.3 Å². The van der Waals surface area contributed by atoms with Crippen LogP contribution in [-0.2, 0) is 0 Å². The number of methoxy groups -OCH3 is 1. The van der Waals surface area contributed by atoms with Crippen LogP contribution in [0.1, 0.15) is 12.8 Å². The lowest BCUT2D eigenvalue weighted by molar-refractivity contribution is 0.410. The zero-order valence-corrected chi connectivity index (χ0v) is 14.8. The third-order valence-electron chi connectivity index (χ3n) is 4.07.